The van der Waals surface area contributed by atoms with Crippen molar-refractivity contribution in [2.75, 3.05) is 7.11 Å². The normalized spacial score (nSPS) is 13.6. The molecule has 3 amide bonds. The summed E-state index contributed by atoms with van der Waals surface area (Å²) in [5, 5.41) is 27.9. The average molecular weight is 586 g/mol. The number of carbonyl (C=O) groups is 5. The fourth-order valence-corrected chi connectivity index (χ4v) is 3.96. The number of esters is 1. The van der Waals surface area contributed by atoms with Gasteiger partial charge in [0.2, 0.25) is 23.5 Å². The van der Waals surface area contributed by atoms with Gasteiger partial charge in [0.15, 0.2) is 0 Å². The molecular formula is C30H39N3O9. The summed E-state index contributed by atoms with van der Waals surface area (Å²) in [6.45, 7) is 8.24. The number of ether oxygens (including phenoxy) is 2. The first-order chi connectivity index (χ1) is 19.5. The van der Waals surface area contributed by atoms with Crippen molar-refractivity contribution in [1.29, 1.82) is 0 Å². The molecule has 2 aromatic rings. The van der Waals surface area contributed by atoms with Crippen LogP contribution in [0.25, 0.3) is 0 Å². The van der Waals surface area contributed by atoms with Gasteiger partial charge >= 0.3 is 11.8 Å². The summed E-state index contributed by atoms with van der Waals surface area (Å²) in [7, 11) is 0.872. The Morgan fingerprint density at radius 2 is 1.33 bits per heavy atom. The van der Waals surface area contributed by atoms with Crippen LogP contribution in [-0.2, 0) is 41.6 Å². The molecule has 42 heavy (non-hydrogen) atoms. The summed E-state index contributed by atoms with van der Waals surface area (Å²) < 4.78 is 10.1. The fraction of sp³-hybridized carbons (Fsp3) is 0.433. The van der Waals surface area contributed by atoms with Gasteiger partial charge in [-0.05, 0) is 57.4 Å². The summed E-state index contributed by atoms with van der Waals surface area (Å²) in [4.78, 5) is 62.8. The maximum atomic E-state index is 13.1. The molecule has 0 bridgehead atoms. The van der Waals surface area contributed by atoms with Crippen molar-refractivity contribution in [3.8, 4) is 5.75 Å². The van der Waals surface area contributed by atoms with Gasteiger partial charge in [-0.3, -0.25) is 19.2 Å². The zero-order valence-corrected chi connectivity index (χ0v) is 24.6. The SMILES string of the molecule is COC(=O)C(O)(O)C(=O)[C@H](Cc1ccc(OC(C)(C)C)cc1)NC(=O)[C@H](C)NC(=O)[C@H](Cc1ccccc1)NC(C)=O. The lowest BCUT2D eigenvalue weighted by Crippen LogP contribution is -2.60. The van der Waals surface area contributed by atoms with Crippen LogP contribution in [0, 0.1) is 0 Å². The van der Waals surface area contributed by atoms with Crippen LogP contribution in [-0.4, -0.2) is 76.3 Å². The van der Waals surface area contributed by atoms with Gasteiger partial charge in [0.1, 0.15) is 23.4 Å². The van der Waals surface area contributed by atoms with E-state index in [2.05, 4.69) is 20.7 Å². The second kappa shape index (κ2) is 14.6. The lowest BCUT2D eigenvalue weighted by molar-refractivity contribution is -0.207. The summed E-state index contributed by atoms with van der Waals surface area (Å²) in [6, 6.07) is 11.7. The van der Waals surface area contributed by atoms with Crippen molar-refractivity contribution >= 4 is 29.5 Å². The van der Waals surface area contributed by atoms with Crippen LogP contribution in [0.4, 0.5) is 0 Å². The summed E-state index contributed by atoms with van der Waals surface area (Å²) in [5.74, 6) is -8.00. The Balaban J connectivity index is 2.23. The third-order valence-electron chi connectivity index (χ3n) is 5.96. The van der Waals surface area contributed by atoms with E-state index in [0.29, 0.717) is 11.3 Å². The van der Waals surface area contributed by atoms with E-state index in [1.54, 1.807) is 48.5 Å². The minimum absolute atomic E-state index is 0.160. The Bertz CT molecular complexity index is 1260. The highest BCUT2D eigenvalue weighted by Gasteiger charge is 2.47. The first kappa shape index (κ1) is 33.9. The van der Waals surface area contributed by atoms with Crippen molar-refractivity contribution in [2.24, 2.45) is 0 Å². The molecule has 0 radical (unpaired) electrons. The number of methoxy groups -OCH3 is 1. The predicted octanol–water partition coefficient (Wildman–Crippen LogP) is 0.566. The first-order valence-electron chi connectivity index (χ1n) is 13.3. The molecule has 0 saturated heterocycles. The Morgan fingerprint density at radius 3 is 1.86 bits per heavy atom. The van der Waals surface area contributed by atoms with E-state index in [1.807, 2.05) is 26.8 Å². The van der Waals surface area contributed by atoms with Crippen molar-refractivity contribution in [2.45, 2.75) is 77.0 Å². The van der Waals surface area contributed by atoms with Crippen LogP contribution in [0.3, 0.4) is 0 Å². The van der Waals surface area contributed by atoms with Gasteiger partial charge < -0.3 is 35.6 Å². The minimum atomic E-state index is -3.54. The number of benzene rings is 2. The Hall–Kier alpha value is -4.29. The number of amides is 3. The molecule has 0 aliphatic heterocycles. The van der Waals surface area contributed by atoms with Gasteiger partial charge in [-0.1, -0.05) is 42.5 Å². The molecule has 0 unspecified atom stereocenters. The highest BCUT2D eigenvalue weighted by Crippen LogP contribution is 2.20. The molecule has 5 N–H and O–H groups in total. The fourth-order valence-electron chi connectivity index (χ4n) is 3.96. The van der Waals surface area contributed by atoms with E-state index in [0.717, 1.165) is 12.7 Å². The smallest absolute Gasteiger partial charge is 0.374 e. The molecule has 0 fully saturated rings. The Morgan fingerprint density at radius 1 is 0.786 bits per heavy atom. The maximum Gasteiger partial charge on any atom is 0.374 e. The van der Waals surface area contributed by atoms with Gasteiger partial charge in [-0.25, -0.2) is 4.79 Å². The standard InChI is InChI=1S/C30H39N3O9/c1-18(31-27(37)24(32-19(2)34)17-20-10-8-7-9-11-20)26(36)33-23(25(35)30(39,40)28(38)41-6)16-21-12-14-22(15-13-21)42-29(3,4)5/h7-15,18,23-24,39-40H,16-17H2,1-6H3,(H,31,37)(H,32,34)(H,33,36)/t18-,23-,24-/m0/s1. The molecule has 2 rings (SSSR count). The molecular weight excluding hydrogens is 546 g/mol. The quantitative estimate of drug-likeness (QED) is 0.128. The largest absolute Gasteiger partial charge is 0.488 e. The predicted molar refractivity (Wildman–Crippen MR) is 152 cm³/mol. The monoisotopic (exact) mass is 585 g/mol. The zero-order valence-electron chi connectivity index (χ0n) is 24.6. The van der Waals surface area contributed by atoms with Gasteiger partial charge in [0.05, 0.1) is 13.2 Å². The molecule has 0 saturated carbocycles. The van der Waals surface area contributed by atoms with E-state index in [-0.39, 0.29) is 12.8 Å². The highest BCUT2D eigenvalue weighted by molar-refractivity contribution is 6.08. The van der Waals surface area contributed by atoms with E-state index in [9.17, 15) is 34.2 Å². The second-order valence-electron chi connectivity index (χ2n) is 10.8. The third kappa shape index (κ3) is 10.3. The number of ketones is 1. The number of carbonyl (C=O) groups excluding carboxylic acids is 5. The van der Waals surface area contributed by atoms with Crippen LogP contribution in [0.15, 0.2) is 54.6 Å². The molecule has 0 aromatic heterocycles. The lowest BCUT2D eigenvalue weighted by atomic mass is 9.96. The van der Waals surface area contributed by atoms with Crippen LogP contribution >= 0.6 is 0 Å². The van der Waals surface area contributed by atoms with Gasteiger partial charge in [0.25, 0.3) is 0 Å². The third-order valence-corrected chi connectivity index (χ3v) is 5.96. The lowest BCUT2D eigenvalue weighted by Gasteiger charge is -2.26. The van der Waals surface area contributed by atoms with E-state index < -0.39 is 59.0 Å². The molecule has 0 aliphatic carbocycles. The number of hydrogen-bond donors (Lipinski definition) is 5. The highest BCUT2D eigenvalue weighted by atomic mass is 16.6. The topological polar surface area (TPSA) is 180 Å². The molecule has 0 spiro atoms. The van der Waals surface area contributed by atoms with E-state index >= 15 is 0 Å². The molecule has 12 nitrogen and oxygen atoms in total. The number of nitrogens with one attached hydrogen (secondary N) is 3. The second-order valence-corrected chi connectivity index (χ2v) is 10.8. The van der Waals surface area contributed by atoms with Crippen molar-refractivity contribution in [3.05, 3.63) is 65.7 Å². The van der Waals surface area contributed by atoms with Crippen LogP contribution in [0.1, 0.15) is 45.7 Å². The van der Waals surface area contributed by atoms with Gasteiger partial charge in [0, 0.05) is 13.3 Å². The summed E-state index contributed by atoms with van der Waals surface area (Å²) >= 11 is 0. The van der Waals surface area contributed by atoms with Crippen molar-refractivity contribution in [1.82, 2.24) is 16.0 Å². The number of Topliss-reactive ketones (excluding diaryl/α,β-unsaturated/α-hetero) is 1. The zero-order chi connectivity index (χ0) is 31.7. The number of hydrogen-bond acceptors (Lipinski definition) is 9. The number of rotatable bonds is 13. The van der Waals surface area contributed by atoms with Crippen molar-refractivity contribution in [3.63, 3.8) is 0 Å². The first-order valence-corrected chi connectivity index (χ1v) is 13.3. The summed E-state index contributed by atoms with van der Waals surface area (Å²) in [6.07, 6.45) is -0.0727. The van der Waals surface area contributed by atoms with Crippen molar-refractivity contribution < 1.29 is 43.7 Å². The van der Waals surface area contributed by atoms with Gasteiger partial charge in [-0.15, -0.1) is 0 Å². The summed E-state index contributed by atoms with van der Waals surface area (Å²) in [5.41, 5.74) is 0.821. The molecule has 3 atom stereocenters. The average Bonchev–Trinajstić information content (AvgIpc) is 2.91. The molecule has 0 heterocycles. The van der Waals surface area contributed by atoms with Crippen LogP contribution < -0.4 is 20.7 Å². The molecule has 12 heteroatoms. The van der Waals surface area contributed by atoms with E-state index in [4.69, 9.17) is 4.74 Å². The molecule has 2 aromatic carbocycles. The van der Waals surface area contributed by atoms with Crippen LogP contribution in [0.5, 0.6) is 5.75 Å². The van der Waals surface area contributed by atoms with Gasteiger partial charge in [-0.2, -0.15) is 0 Å². The van der Waals surface area contributed by atoms with E-state index in [1.165, 1.54) is 13.8 Å². The molecule has 228 valence electrons. The number of aliphatic hydroxyl groups is 2. The maximum absolute atomic E-state index is 13.1. The molecule has 0 aliphatic rings. The Kier molecular flexibility index (Phi) is 11.8. The minimum Gasteiger partial charge on any atom is -0.488 e. The Labute approximate surface area is 244 Å². The van der Waals surface area contributed by atoms with Crippen LogP contribution in [0.2, 0.25) is 0 Å².